The molecule has 2 heterocycles. The first-order valence-corrected chi connectivity index (χ1v) is 15.3. The maximum Gasteiger partial charge on any atom is 0.258 e. The largest absolute Gasteiger partial charge is 0.395 e. The van der Waals surface area contributed by atoms with Crippen LogP contribution in [0.5, 0.6) is 0 Å². The number of aliphatic hydroxyl groups is 2. The van der Waals surface area contributed by atoms with Gasteiger partial charge in [0.15, 0.2) is 0 Å². The number of nitrogens with zero attached hydrogens (tertiary/aromatic N) is 2. The minimum atomic E-state index is -0.0129. The molecule has 0 saturated heterocycles. The number of rotatable bonds is 11. The van der Waals surface area contributed by atoms with Gasteiger partial charge < -0.3 is 30.6 Å². The maximum atomic E-state index is 13.6. The minimum absolute atomic E-state index is 0.0129. The van der Waals surface area contributed by atoms with E-state index < -0.39 is 0 Å². The number of nitrogens with one attached hydrogen (secondary N) is 2. The fourth-order valence-electron chi connectivity index (χ4n) is 6.26. The van der Waals surface area contributed by atoms with E-state index in [1.54, 1.807) is 0 Å². The fourth-order valence-corrected chi connectivity index (χ4v) is 6.26. The molecule has 0 saturated carbocycles. The van der Waals surface area contributed by atoms with Crippen molar-refractivity contribution < 1.29 is 19.8 Å². The smallest absolute Gasteiger partial charge is 0.258 e. The lowest BCUT2D eigenvalue weighted by atomic mass is 9.93. The number of benzene rings is 4. The standard InChI is InChI=1S/C36H38N4O4/c41-21-17-37-23-25-7-11-27(12-8-25)35(43)39-19-15-31-29(3-1-5-33(31)39)30-4-2-6-34-32(30)16-20-40(34)36(44)28-13-9-26(10-14-28)24-38-18-22-42/h1-14,37-38,41-42H,15-24H2. The zero-order chi connectivity index (χ0) is 30.5. The Bertz CT molecular complexity index is 1510. The van der Waals surface area contributed by atoms with Gasteiger partial charge in [0.25, 0.3) is 11.8 Å². The predicted molar refractivity (Wildman–Crippen MR) is 173 cm³/mol. The van der Waals surface area contributed by atoms with Gasteiger partial charge in [0.05, 0.1) is 13.2 Å². The van der Waals surface area contributed by atoms with Crippen molar-refractivity contribution in [2.75, 3.05) is 49.2 Å². The molecule has 0 atom stereocenters. The molecule has 0 fully saturated rings. The molecule has 226 valence electrons. The molecule has 8 heteroatoms. The van der Waals surface area contributed by atoms with E-state index >= 15 is 0 Å². The summed E-state index contributed by atoms with van der Waals surface area (Å²) in [6, 6.07) is 27.7. The zero-order valence-electron chi connectivity index (χ0n) is 24.8. The van der Waals surface area contributed by atoms with Gasteiger partial charge in [-0.25, -0.2) is 0 Å². The van der Waals surface area contributed by atoms with Crippen LogP contribution in [0.25, 0.3) is 11.1 Å². The average molecular weight is 591 g/mol. The SMILES string of the molecule is O=C(c1ccc(CNCCO)cc1)N1CCc2c(-c3cccc4c3CCN4C(=O)c3ccc(CNCCO)cc3)cccc21. The third kappa shape index (κ3) is 6.02. The highest BCUT2D eigenvalue weighted by molar-refractivity contribution is 6.09. The van der Waals surface area contributed by atoms with Crippen LogP contribution in [-0.2, 0) is 25.9 Å². The molecule has 0 bridgehead atoms. The van der Waals surface area contributed by atoms with E-state index in [4.69, 9.17) is 10.2 Å². The first-order valence-electron chi connectivity index (χ1n) is 15.3. The lowest BCUT2D eigenvalue weighted by Gasteiger charge is -2.20. The second-order valence-corrected chi connectivity index (χ2v) is 11.2. The number of carbonyl (C=O) groups excluding carboxylic acids is 2. The van der Waals surface area contributed by atoms with E-state index in [2.05, 4.69) is 22.8 Å². The van der Waals surface area contributed by atoms with E-state index in [9.17, 15) is 9.59 Å². The monoisotopic (exact) mass is 590 g/mol. The van der Waals surface area contributed by atoms with Gasteiger partial charge in [0.2, 0.25) is 0 Å². The molecule has 6 rings (SSSR count). The number of aliphatic hydroxyl groups excluding tert-OH is 2. The number of hydrogen-bond donors (Lipinski definition) is 4. The molecule has 8 nitrogen and oxygen atoms in total. The van der Waals surface area contributed by atoms with Gasteiger partial charge in [0.1, 0.15) is 0 Å². The third-order valence-corrected chi connectivity index (χ3v) is 8.47. The van der Waals surface area contributed by atoms with Crippen LogP contribution in [0, 0.1) is 0 Å². The van der Waals surface area contributed by atoms with E-state index in [0.717, 1.165) is 57.6 Å². The summed E-state index contributed by atoms with van der Waals surface area (Å²) in [6.07, 6.45) is 1.54. The van der Waals surface area contributed by atoms with Gasteiger partial charge in [-0.2, -0.15) is 0 Å². The van der Waals surface area contributed by atoms with Crippen molar-refractivity contribution >= 4 is 23.2 Å². The summed E-state index contributed by atoms with van der Waals surface area (Å²) in [5.74, 6) is -0.0259. The highest BCUT2D eigenvalue weighted by Gasteiger charge is 2.31. The number of anilines is 2. The first-order chi connectivity index (χ1) is 21.6. The van der Waals surface area contributed by atoms with Gasteiger partial charge >= 0.3 is 0 Å². The summed E-state index contributed by atoms with van der Waals surface area (Å²) >= 11 is 0. The summed E-state index contributed by atoms with van der Waals surface area (Å²) in [4.78, 5) is 30.9. The lowest BCUT2D eigenvalue weighted by Crippen LogP contribution is -2.28. The zero-order valence-corrected chi connectivity index (χ0v) is 24.8. The van der Waals surface area contributed by atoms with Gasteiger partial charge in [-0.3, -0.25) is 9.59 Å². The van der Waals surface area contributed by atoms with E-state index in [0.29, 0.717) is 50.4 Å². The molecular weight excluding hydrogens is 552 g/mol. The van der Waals surface area contributed by atoms with Crippen LogP contribution in [0.15, 0.2) is 84.9 Å². The highest BCUT2D eigenvalue weighted by Crippen LogP contribution is 2.42. The molecule has 2 aliphatic rings. The van der Waals surface area contributed by atoms with E-state index in [1.165, 1.54) is 0 Å². The molecule has 4 aromatic carbocycles. The Morgan fingerprint density at radius 3 is 1.39 bits per heavy atom. The molecule has 0 unspecified atom stereocenters. The molecule has 2 aliphatic heterocycles. The van der Waals surface area contributed by atoms with Gasteiger partial charge in [-0.1, -0.05) is 48.5 Å². The van der Waals surface area contributed by atoms with Crippen LogP contribution in [0.4, 0.5) is 11.4 Å². The molecule has 0 aromatic heterocycles. The maximum absolute atomic E-state index is 13.6. The minimum Gasteiger partial charge on any atom is -0.395 e. The van der Waals surface area contributed by atoms with Crippen molar-refractivity contribution in [3.63, 3.8) is 0 Å². The second kappa shape index (κ2) is 13.5. The van der Waals surface area contributed by atoms with Crippen LogP contribution in [-0.4, -0.2) is 61.4 Å². The molecule has 4 aromatic rings. The first kappa shape index (κ1) is 29.7. The van der Waals surface area contributed by atoms with Crippen molar-refractivity contribution in [2.24, 2.45) is 0 Å². The van der Waals surface area contributed by atoms with Crippen LogP contribution < -0.4 is 20.4 Å². The quantitative estimate of drug-likeness (QED) is 0.198. The van der Waals surface area contributed by atoms with Crippen molar-refractivity contribution in [3.8, 4) is 11.1 Å². The van der Waals surface area contributed by atoms with Crippen LogP contribution in [0.1, 0.15) is 43.0 Å². The topological polar surface area (TPSA) is 105 Å². The summed E-state index contributed by atoms with van der Waals surface area (Å²) in [5.41, 5.74) is 9.88. The van der Waals surface area contributed by atoms with Crippen molar-refractivity contribution in [3.05, 3.63) is 118 Å². The highest BCUT2D eigenvalue weighted by atomic mass is 16.3. The number of hydrogen-bond acceptors (Lipinski definition) is 6. The Hall–Kier alpha value is -4.34. The van der Waals surface area contributed by atoms with Gasteiger partial charge in [-0.15, -0.1) is 0 Å². The Morgan fingerprint density at radius 1 is 0.591 bits per heavy atom. The van der Waals surface area contributed by atoms with Crippen LogP contribution in [0.3, 0.4) is 0 Å². The predicted octanol–water partition coefficient (Wildman–Crippen LogP) is 3.92. The molecule has 44 heavy (non-hydrogen) atoms. The molecule has 4 N–H and O–H groups in total. The molecule has 0 aliphatic carbocycles. The van der Waals surface area contributed by atoms with E-state index in [1.807, 2.05) is 82.6 Å². The fraction of sp³-hybridized carbons (Fsp3) is 0.278. The Morgan fingerprint density at radius 2 is 1.00 bits per heavy atom. The normalized spacial score (nSPS) is 13.7. The van der Waals surface area contributed by atoms with E-state index in [-0.39, 0.29) is 25.0 Å². The summed E-state index contributed by atoms with van der Waals surface area (Å²) in [5, 5.41) is 24.3. The number of carbonyl (C=O) groups is 2. The molecule has 2 amide bonds. The second-order valence-electron chi connectivity index (χ2n) is 11.2. The van der Waals surface area contributed by atoms with Crippen molar-refractivity contribution in [2.45, 2.75) is 25.9 Å². The summed E-state index contributed by atoms with van der Waals surface area (Å²) in [7, 11) is 0. The van der Waals surface area contributed by atoms with Crippen molar-refractivity contribution in [1.29, 1.82) is 0 Å². The Labute approximate surface area is 258 Å². The molecule has 0 spiro atoms. The van der Waals surface area contributed by atoms with Crippen LogP contribution in [0.2, 0.25) is 0 Å². The Kier molecular flexibility index (Phi) is 9.14. The Balaban J connectivity index is 1.21. The number of fused-ring (bicyclic) bond motifs is 2. The van der Waals surface area contributed by atoms with Gasteiger partial charge in [-0.05, 0) is 82.6 Å². The summed E-state index contributed by atoms with van der Waals surface area (Å²) in [6.45, 7) is 3.78. The third-order valence-electron chi connectivity index (χ3n) is 8.47. The average Bonchev–Trinajstić information content (AvgIpc) is 3.70. The number of amides is 2. The van der Waals surface area contributed by atoms with Crippen LogP contribution >= 0.6 is 0 Å². The molecule has 0 radical (unpaired) electrons. The summed E-state index contributed by atoms with van der Waals surface area (Å²) < 4.78 is 0. The van der Waals surface area contributed by atoms with Crippen molar-refractivity contribution in [1.82, 2.24) is 10.6 Å². The lowest BCUT2D eigenvalue weighted by molar-refractivity contribution is 0.0981. The molecular formula is C36H38N4O4. The van der Waals surface area contributed by atoms with Gasteiger partial charge in [0, 0.05) is 61.8 Å².